The maximum absolute atomic E-state index is 13.4. The fourth-order valence-electron chi connectivity index (χ4n) is 3.87. The number of benzene rings is 2. The van der Waals surface area contributed by atoms with Crippen molar-refractivity contribution >= 4 is 11.0 Å². The van der Waals surface area contributed by atoms with E-state index < -0.39 is 11.7 Å². The number of nitrogens with zero attached hydrogens (tertiary/aromatic N) is 4. The number of aryl methyl sites for hydroxylation is 1. The average Bonchev–Trinajstić information content (AvgIpc) is 3.20. The molecule has 0 radical (unpaired) electrons. The molecule has 2 heterocycles. The molecule has 2 aromatic carbocycles. The van der Waals surface area contributed by atoms with E-state index in [2.05, 4.69) is 35.8 Å². The zero-order chi connectivity index (χ0) is 21.8. The van der Waals surface area contributed by atoms with Crippen LogP contribution in [0.1, 0.15) is 37.6 Å². The van der Waals surface area contributed by atoms with Gasteiger partial charge in [0.05, 0.1) is 17.0 Å². The van der Waals surface area contributed by atoms with Crippen molar-refractivity contribution < 1.29 is 42.7 Å². The maximum Gasteiger partial charge on any atom is 1.00 e. The van der Waals surface area contributed by atoms with Gasteiger partial charge in [0, 0.05) is 12.5 Å². The van der Waals surface area contributed by atoms with E-state index in [0.717, 1.165) is 23.0 Å². The second-order valence-corrected chi connectivity index (χ2v) is 8.49. The fraction of sp³-hybridized carbons (Fsp3) is 0.304. The Balaban J connectivity index is 0.00000272. The summed E-state index contributed by atoms with van der Waals surface area (Å²) in [7, 11) is 1.85. The molecule has 8 heteroatoms. The first-order valence-electron chi connectivity index (χ1n) is 9.62. The fourth-order valence-corrected chi connectivity index (χ4v) is 3.87. The van der Waals surface area contributed by atoms with Gasteiger partial charge in [-0.2, -0.15) is 18.3 Å². The molecule has 4 aromatic rings. The number of aromatic nitrogens is 4. The summed E-state index contributed by atoms with van der Waals surface area (Å²) in [5.74, 6) is 0.522. The van der Waals surface area contributed by atoms with E-state index in [-0.39, 0.29) is 40.5 Å². The van der Waals surface area contributed by atoms with E-state index in [1.54, 1.807) is 28.9 Å². The van der Waals surface area contributed by atoms with Gasteiger partial charge in [0.15, 0.2) is 0 Å². The Morgan fingerprint density at radius 1 is 1.00 bits per heavy atom. The Kier molecular flexibility index (Phi) is 6.17. The summed E-state index contributed by atoms with van der Waals surface area (Å²) >= 11 is 0. The van der Waals surface area contributed by atoms with Gasteiger partial charge in [-0.15, -0.1) is 0 Å². The summed E-state index contributed by atoms with van der Waals surface area (Å²) in [5, 5.41) is 4.64. The van der Waals surface area contributed by atoms with Crippen molar-refractivity contribution in [2.75, 3.05) is 0 Å². The van der Waals surface area contributed by atoms with Gasteiger partial charge in [-0.3, -0.25) is 4.68 Å². The van der Waals surface area contributed by atoms with Gasteiger partial charge in [0.1, 0.15) is 0 Å². The largest absolute Gasteiger partial charge is 1.00 e. The molecule has 0 spiro atoms. The first-order chi connectivity index (χ1) is 14.0. The third-order valence-corrected chi connectivity index (χ3v) is 5.18. The molecule has 2 aromatic heterocycles. The van der Waals surface area contributed by atoms with Crippen LogP contribution < -0.4 is 34.5 Å². The van der Waals surface area contributed by atoms with Gasteiger partial charge in [0.25, 0.3) is 0 Å². The van der Waals surface area contributed by atoms with Crippen molar-refractivity contribution in [3.05, 3.63) is 59.3 Å². The second kappa shape index (κ2) is 8.11. The molecular formula is C23H22F3N4Na. The molecule has 0 aliphatic rings. The summed E-state index contributed by atoms with van der Waals surface area (Å²) < 4.78 is 42.0. The summed E-state index contributed by atoms with van der Waals surface area (Å²) in [6.07, 6.45) is -4.43. The molecule has 0 amide bonds. The van der Waals surface area contributed by atoms with Gasteiger partial charge in [-0.1, -0.05) is 57.2 Å². The maximum atomic E-state index is 13.4. The quantitative estimate of drug-likeness (QED) is 0.456. The van der Waals surface area contributed by atoms with Crippen LogP contribution in [-0.2, 0) is 18.6 Å². The number of hydrogen-bond donors (Lipinski definition) is 0. The van der Waals surface area contributed by atoms with E-state index in [1.165, 1.54) is 12.1 Å². The zero-order valence-corrected chi connectivity index (χ0v) is 20.5. The Morgan fingerprint density at radius 2 is 1.68 bits per heavy atom. The molecule has 0 bridgehead atoms. The van der Waals surface area contributed by atoms with Crippen LogP contribution in [0, 0.1) is 6.92 Å². The molecule has 0 aliphatic heterocycles. The Labute approximate surface area is 201 Å². The van der Waals surface area contributed by atoms with E-state index >= 15 is 0 Å². The predicted octanol–water partition coefficient (Wildman–Crippen LogP) is 2.89. The van der Waals surface area contributed by atoms with E-state index in [9.17, 15) is 13.2 Å². The minimum atomic E-state index is -4.43. The van der Waals surface area contributed by atoms with Crippen LogP contribution in [0.5, 0.6) is 0 Å². The summed E-state index contributed by atoms with van der Waals surface area (Å²) in [5.41, 5.74) is 3.77. The molecule has 156 valence electrons. The van der Waals surface area contributed by atoms with E-state index in [1.807, 2.05) is 14.0 Å². The SMILES string of the molecule is Cc1c(C(C)(C)C)nn(C)c1-c1nc2cc(-c3ccccc3C(F)(F)F)ccc2[n-]1.[Na+]. The van der Waals surface area contributed by atoms with Gasteiger partial charge >= 0.3 is 35.7 Å². The average molecular weight is 434 g/mol. The molecule has 4 rings (SSSR count). The summed E-state index contributed by atoms with van der Waals surface area (Å²) in [4.78, 5) is 9.24. The normalized spacial score (nSPS) is 12.3. The molecule has 0 atom stereocenters. The molecule has 0 fully saturated rings. The molecular weight excluding hydrogens is 412 g/mol. The Hall–Kier alpha value is -2.09. The third kappa shape index (κ3) is 4.31. The van der Waals surface area contributed by atoms with Crippen molar-refractivity contribution in [3.63, 3.8) is 0 Å². The van der Waals surface area contributed by atoms with Crippen LogP contribution >= 0.6 is 0 Å². The summed E-state index contributed by atoms with van der Waals surface area (Å²) in [6, 6.07) is 10.6. The van der Waals surface area contributed by atoms with Gasteiger partial charge in [-0.05, 0) is 46.5 Å². The van der Waals surface area contributed by atoms with Gasteiger partial charge in [-0.25, -0.2) is 0 Å². The first-order valence-corrected chi connectivity index (χ1v) is 9.62. The monoisotopic (exact) mass is 434 g/mol. The molecule has 0 aliphatic carbocycles. The summed E-state index contributed by atoms with van der Waals surface area (Å²) in [6.45, 7) is 8.28. The number of rotatable bonds is 2. The number of hydrogen-bond acceptors (Lipinski definition) is 2. The molecule has 0 unspecified atom stereocenters. The van der Waals surface area contributed by atoms with Crippen LogP contribution in [0.4, 0.5) is 13.2 Å². The molecule has 0 N–H and O–H groups in total. The number of alkyl halides is 3. The predicted molar refractivity (Wildman–Crippen MR) is 111 cm³/mol. The third-order valence-electron chi connectivity index (χ3n) is 5.18. The van der Waals surface area contributed by atoms with E-state index in [4.69, 9.17) is 0 Å². The van der Waals surface area contributed by atoms with Crippen molar-refractivity contribution in [2.24, 2.45) is 7.05 Å². The van der Waals surface area contributed by atoms with Crippen molar-refractivity contribution in [3.8, 4) is 22.6 Å². The minimum Gasteiger partial charge on any atom is -0.434 e. The molecule has 31 heavy (non-hydrogen) atoms. The Bertz CT molecular complexity index is 1250. The van der Waals surface area contributed by atoms with Crippen molar-refractivity contribution in [1.82, 2.24) is 19.7 Å². The minimum absolute atomic E-state index is 0. The topological polar surface area (TPSA) is 44.8 Å². The van der Waals surface area contributed by atoms with Crippen molar-refractivity contribution in [2.45, 2.75) is 39.3 Å². The zero-order valence-electron chi connectivity index (χ0n) is 18.5. The van der Waals surface area contributed by atoms with E-state index in [0.29, 0.717) is 22.4 Å². The molecule has 0 saturated carbocycles. The van der Waals surface area contributed by atoms with Crippen LogP contribution in [0.15, 0.2) is 42.5 Å². The first kappa shape index (κ1) is 23.6. The smallest absolute Gasteiger partial charge is 0.434 e. The van der Waals surface area contributed by atoms with Crippen molar-refractivity contribution in [1.29, 1.82) is 0 Å². The second-order valence-electron chi connectivity index (χ2n) is 8.49. The van der Waals surface area contributed by atoms with Crippen LogP contribution in [0.3, 0.4) is 0 Å². The number of fused-ring (bicyclic) bond motifs is 1. The van der Waals surface area contributed by atoms with Crippen LogP contribution in [0.2, 0.25) is 0 Å². The molecule has 4 nitrogen and oxygen atoms in total. The Morgan fingerprint density at radius 3 is 2.29 bits per heavy atom. The van der Waals surface area contributed by atoms with Gasteiger partial charge in [0.2, 0.25) is 0 Å². The molecule has 0 saturated heterocycles. The standard InChI is InChI=1S/C23H22F3N4.Na/c1-13-19(30(5)29-20(13)22(2,3)4)21-27-17-11-10-14(12-18(17)28-21)15-8-6-7-9-16(15)23(24,25)26;/h6-12H,1-5H3;/q-1;+1. The number of halogens is 3. The van der Waals surface area contributed by atoms with Gasteiger partial charge < -0.3 is 9.97 Å². The number of imidazole rings is 1. The van der Waals surface area contributed by atoms with Crippen LogP contribution in [0.25, 0.3) is 33.7 Å². The van der Waals surface area contributed by atoms with Crippen LogP contribution in [-0.4, -0.2) is 14.8 Å².